The predicted octanol–water partition coefficient (Wildman–Crippen LogP) is 3.91. The Bertz CT molecular complexity index is 564. The molecule has 0 heterocycles. The van der Waals surface area contributed by atoms with Crippen LogP contribution >= 0.6 is 11.8 Å². The van der Waals surface area contributed by atoms with Crippen LogP contribution in [0.1, 0.15) is 28.3 Å². The number of thioether (sulfide) groups is 1. The highest BCUT2D eigenvalue weighted by molar-refractivity contribution is 7.99. The van der Waals surface area contributed by atoms with Crippen LogP contribution in [0.5, 0.6) is 0 Å². The van der Waals surface area contributed by atoms with E-state index >= 15 is 0 Å². The number of aryl methyl sites for hydroxylation is 2. The quantitative estimate of drug-likeness (QED) is 0.497. The van der Waals surface area contributed by atoms with Crippen molar-refractivity contribution in [2.24, 2.45) is 5.84 Å². The van der Waals surface area contributed by atoms with Gasteiger partial charge in [0.2, 0.25) is 0 Å². The topological polar surface area (TPSA) is 38.0 Å². The average molecular weight is 286 g/mol. The number of rotatable bonds is 5. The van der Waals surface area contributed by atoms with Gasteiger partial charge in [-0.05, 0) is 49.6 Å². The van der Waals surface area contributed by atoms with Gasteiger partial charge in [0.25, 0.3) is 0 Å². The van der Waals surface area contributed by atoms with Crippen molar-refractivity contribution >= 4 is 11.8 Å². The molecule has 1 unspecified atom stereocenters. The van der Waals surface area contributed by atoms with E-state index in [1.54, 1.807) is 0 Å². The van der Waals surface area contributed by atoms with E-state index in [2.05, 4.69) is 68.7 Å². The summed E-state index contributed by atoms with van der Waals surface area (Å²) in [6.07, 6.45) is 0. The molecule has 0 aliphatic carbocycles. The lowest BCUT2D eigenvalue weighted by Gasteiger charge is -2.19. The van der Waals surface area contributed by atoms with Gasteiger partial charge in [0, 0.05) is 10.6 Å². The lowest BCUT2D eigenvalue weighted by molar-refractivity contribution is 0.607. The van der Waals surface area contributed by atoms with Gasteiger partial charge in [0.05, 0.1) is 6.04 Å². The van der Waals surface area contributed by atoms with E-state index in [1.807, 2.05) is 11.8 Å². The number of hydrazine groups is 1. The summed E-state index contributed by atoms with van der Waals surface area (Å²) in [6.45, 7) is 6.40. The Hall–Kier alpha value is -1.29. The van der Waals surface area contributed by atoms with Gasteiger partial charge in [0.15, 0.2) is 0 Å². The third-order valence-electron chi connectivity index (χ3n) is 3.66. The molecule has 2 nitrogen and oxygen atoms in total. The first kappa shape index (κ1) is 15.1. The highest BCUT2D eigenvalue weighted by atomic mass is 32.2. The second-order valence-corrected chi connectivity index (χ2v) is 6.23. The zero-order valence-corrected chi connectivity index (χ0v) is 13.1. The molecule has 0 aliphatic rings. The Morgan fingerprint density at radius 2 is 1.75 bits per heavy atom. The maximum Gasteiger partial charge on any atom is 0.0556 e. The number of hydrogen-bond donors (Lipinski definition) is 2. The van der Waals surface area contributed by atoms with Crippen molar-refractivity contribution in [3.8, 4) is 0 Å². The number of nitrogens with one attached hydrogen (secondary N) is 1. The van der Waals surface area contributed by atoms with Gasteiger partial charge in [-0.1, -0.05) is 35.9 Å². The molecular weight excluding hydrogens is 264 g/mol. The molecule has 0 amide bonds. The zero-order valence-electron chi connectivity index (χ0n) is 12.3. The van der Waals surface area contributed by atoms with E-state index in [1.165, 1.54) is 27.1 Å². The highest BCUT2D eigenvalue weighted by Gasteiger charge is 2.13. The van der Waals surface area contributed by atoms with Crippen LogP contribution < -0.4 is 11.3 Å². The zero-order chi connectivity index (χ0) is 14.5. The van der Waals surface area contributed by atoms with Crippen molar-refractivity contribution in [1.82, 2.24) is 5.43 Å². The van der Waals surface area contributed by atoms with Crippen LogP contribution in [0.2, 0.25) is 0 Å². The lowest BCUT2D eigenvalue weighted by Crippen LogP contribution is -2.30. The van der Waals surface area contributed by atoms with Crippen LogP contribution in [0.3, 0.4) is 0 Å². The van der Waals surface area contributed by atoms with E-state index in [9.17, 15) is 0 Å². The summed E-state index contributed by atoms with van der Waals surface area (Å²) in [5, 5.41) is 0. The molecule has 0 saturated carbocycles. The molecule has 0 aliphatic heterocycles. The average Bonchev–Trinajstić information content (AvgIpc) is 2.45. The third-order valence-corrected chi connectivity index (χ3v) is 4.77. The minimum absolute atomic E-state index is 0.168. The van der Waals surface area contributed by atoms with Crippen LogP contribution in [0.4, 0.5) is 0 Å². The molecule has 3 N–H and O–H groups in total. The first-order valence-corrected chi connectivity index (χ1v) is 7.82. The molecule has 2 rings (SSSR count). The summed E-state index contributed by atoms with van der Waals surface area (Å²) < 4.78 is 0. The summed E-state index contributed by atoms with van der Waals surface area (Å²) in [4.78, 5) is 1.28. The van der Waals surface area contributed by atoms with Gasteiger partial charge in [0.1, 0.15) is 0 Å². The number of hydrogen-bond acceptors (Lipinski definition) is 3. The normalized spacial score (nSPS) is 12.4. The van der Waals surface area contributed by atoms with E-state index in [0.717, 1.165) is 5.75 Å². The van der Waals surface area contributed by atoms with Gasteiger partial charge < -0.3 is 0 Å². The van der Waals surface area contributed by atoms with Gasteiger partial charge in [-0.25, -0.2) is 0 Å². The monoisotopic (exact) mass is 286 g/mol. The maximum atomic E-state index is 5.75. The summed E-state index contributed by atoms with van der Waals surface area (Å²) >= 11 is 1.83. The van der Waals surface area contributed by atoms with Crippen molar-refractivity contribution in [2.45, 2.75) is 31.7 Å². The Balaban J connectivity index is 2.09. The fourth-order valence-electron chi connectivity index (χ4n) is 2.19. The Kier molecular flexibility index (Phi) is 5.24. The summed E-state index contributed by atoms with van der Waals surface area (Å²) in [5.74, 6) is 6.67. The molecule has 106 valence electrons. The van der Waals surface area contributed by atoms with Crippen LogP contribution in [0.25, 0.3) is 0 Å². The summed E-state index contributed by atoms with van der Waals surface area (Å²) in [5.41, 5.74) is 8.15. The van der Waals surface area contributed by atoms with E-state index < -0.39 is 0 Å². The molecule has 0 radical (unpaired) electrons. The molecule has 0 spiro atoms. The van der Waals surface area contributed by atoms with E-state index in [4.69, 9.17) is 5.84 Å². The largest absolute Gasteiger partial charge is 0.271 e. The van der Waals surface area contributed by atoms with Crippen molar-refractivity contribution in [3.63, 3.8) is 0 Å². The highest BCUT2D eigenvalue weighted by Crippen LogP contribution is 2.27. The van der Waals surface area contributed by atoms with Crippen molar-refractivity contribution in [2.75, 3.05) is 5.75 Å². The molecule has 0 saturated heterocycles. The van der Waals surface area contributed by atoms with Crippen LogP contribution in [0.15, 0.2) is 47.4 Å². The van der Waals surface area contributed by atoms with E-state index in [-0.39, 0.29) is 6.04 Å². The molecule has 3 heteroatoms. The minimum atomic E-state index is 0.168. The van der Waals surface area contributed by atoms with Crippen LogP contribution in [0, 0.1) is 20.8 Å². The molecule has 0 aromatic heterocycles. The standard InChI is InChI=1S/C17H22N2S/c1-12-7-9-15(10-8-12)20-11-17(19-18)16-6-4-5-13(2)14(16)3/h4-10,17,19H,11,18H2,1-3H3. The molecule has 0 fully saturated rings. The molecule has 0 bridgehead atoms. The fraction of sp³-hybridized carbons (Fsp3) is 0.294. The summed E-state index contributed by atoms with van der Waals surface area (Å²) in [6, 6.07) is 15.2. The Labute approximate surface area is 125 Å². The first-order valence-electron chi connectivity index (χ1n) is 6.83. The lowest BCUT2D eigenvalue weighted by atomic mass is 9.99. The number of benzene rings is 2. The Morgan fingerprint density at radius 1 is 1.05 bits per heavy atom. The summed E-state index contributed by atoms with van der Waals surface area (Å²) in [7, 11) is 0. The third kappa shape index (κ3) is 3.63. The van der Waals surface area contributed by atoms with Gasteiger partial charge in [-0.3, -0.25) is 11.3 Å². The fourth-order valence-corrected chi connectivity index (χ4v) is 3.16. The number of nitrogens with two attached hydrogens (primary N) is 1. The molecule has 1 atom stereocenters. The maximum absolute atomic E-state index is 5.75. The second kappa shape index (κ2) is 6.93. The Morgan fingerprint density at radius 3 is 2.40 bits per heavy atom. The van der Waals surface area contributed by atoms with Gasteiger partial charge in [-0.2, -0.15) is 0 Å². The van der Waals surface area contributed by atoms with Gasteiger partial charge in [-0.15, -0.1) is 11.8 Å². The predicted molar refractivity (Wildman–Crippen MR) is 87.9 cm³/mol. The smallest absolute Gasteiger partial charge is 0.0556 e. The van der Waals surface area contributed by atoms with Crippen LogP contribution in [-0.4, -0.2) is 5.75 Å². The van der Waals surface area contributed by atoms with Crippen molar-refractivity contribution < 1.29 is 0 Å². The van der Waals surface area contributed by atoms with Crippen molar-refractivity contribution in [3.05, 3.63) is 64.7 Å². The van der Waals surface area contributed by atoms with Crippen LogP contribution in [-0.2, 0) is 0 Å². The minimum Gasteiger partial charge on any atom is -0.271 e. The van der Waals surface area contributed by atoms with Gasteiger partial charge >= 0.3 is 0 Å². The molecular formula is C17H22N2S. The molecule has 2 aromatic carbocycles. The second-order valence-electron chi connectivity index (χ2n) is 5.13. The molecule has 2 aromatic rings. The first-order chi connectivity index (χ1) is 9.61. The molecule has 20 heavy (non-hydrogen) atoms. The van der Waals surface area contributed by atoms with Crippen molar-refractivity contribution in [1.29, 1.82) is 0 Å². The van der Waals surface area contributed by atoms with E-state index in [0.29, 0.717) is 0 Å². The SMILES string of the molecule is Cc1ccc(SCC(NN)c2cccc(C)c2C)cc1.